The van der Waals surface area contributed by atoms with Crippen LogP contribution >= 0.6 is 0 Å². The lowest BCUT2D eigenvalue weighted by Gasteiger charge is -2.21. The molecule has 1 aliphatic rings. The van der Waals surface area contributed by atoms with Gasteiger partial charge >= 0.3 is 0 Å². The molecule has 1 aromatic rings. The molecule has 1 aromatic heterocycles. The van der Waals surface area contributed by atoms with Crippen molar-refractivity contribution in [1.82, 2.24) is 10.3 Å². The third-order valence-electron chi connectivity index (χ3n) is 3.34. The summed E-state index contributed by atoms with van der Waals surface area (Å²) < 4.78 is 5.39. The number of oxazole rings is 1. The van der Waals surface area contributed by atoms with Gasteiger partial charge in [-0.25, -0.2) is 4.98 Å². The minimum Gasteiger partial charge on any atom is -0.448 e. The largest absolute Gasteiger partial charge is 0.448 e. The van der Waals surface area contributed by atoms with Crippen LogP contribution in [-0.4, -0.2) is 23.4 Å². The molecule has 1 N–H and O–H groups in total. The molecule has 0 aromatic carbocycles. The van der Waals surface area contributed by atoms with Crippen LogP contribution in [0.1, 0.15) is 51.6 Å². The summed E-state index contributed by atoms with van der Waals surface area (Å²) >= 11 is 0. The van der Waals surface area contributed by atoms with Gasteiger partial charge in [0.05, 0.1) is 18.2 Å². The SMILES string of the molecule is CC(C)(C)c1coc(CC(=O)[C@@H]2CCCCN2)n1. The Labute approximate surface area is 108 Å². The first-order chi connectivity index (χ1) is 8.47. The Morgan fingerprint density at radius 1 is 1.50 bits per heavy atom. The summed E-state index contributed by atoms with van der Waals surface area (Å²) in [6.07, 6.45) is 5.19. The number of Topliss-reactive ketones (excluding diaryl/α,β-unsaturated/α-hetero) is 1. The monoisotopic (exact) mass is 250 g/mol. The fourth-order valence-electron chi connectivity index (χ4n) is 2.14. The molecule has 1 aliphatic heterocycles. The average Bonchev–Trinajstić information content (AvgIpc) is 2.78. The molecule has 4 nitrogen and oxygen atoms in total. The second-order valence-corrected chi connectivity index (χ2v) is 6.02. The van der Waals surface area contributed by atoms with Crippen molar-refractivity contribution in [1.29, 1.82) is 0 Å². The molecule has 0 saturated carbocycles. The quantitative estimate of drug-likeness (QED) is 0.893. The van der Waals surface area contributed by atoms with E-state index in [4.69, 9.17) is 4.42 Å². The average molecular weight is 250 g/mol. The molecule has 1 fully saturated rings. The third kappa shape index (κ3) is 3.19. The maximum atomic E-state index is 12.1. The Kier molecular flexibility index (Phi) is 3.85. The smallest absolute Gasteiger partial charge is 0.201 e. The molecule has 0 unspecified atom stereocenters. The Morgan fingerprint density at radius 2 is 2.28 bits per heavy atom. The Bertz CT molecular complexity index is 412. The van der Waals surface area contributed by atoms with Crippen LogP contribution in [0.5, 0.6) is 0 Å². The first-order valence-electron chi connectivity index (χ1n) is 6.68. The van der Waals surface area contributed by atoms with Crippen LogP contribution in [-0.2, 0) is 16.6 Å². The standard InChI is InChI=1S/C14H22N2O2/c1-14(2,3)12-9-18-13(16-12)8-11(17)10-6-4-5-7-15-10/h9-10,15H,4-8H2,1-3H3/t10-/m0/s1. The molecule has 100 valence electrons. The summed E-state index contributed by atoms with van der Waals surface area (Å²) in [6, 6.07) is -0.0104. The highest BCUT2D eigenvalue weighted by Crippen LogP contribution is 2.21. The van der Waals surface area contributed by atoms with E-state index in [0.29, 0.717) is 12.3 Å². The van der Waals surface area contributed by atoms with Crippen molar-refractivity contribution in [3.63, 3.8) is 0 Å². The fourth-order valence-corrected chi connectivity index (χ4v) is 2.14. The van der Waals surface area contributed by atoms with Gasteiger partial charge in [-0.1, -0.05) is 27.2 Å². The molecule has 4 heteroatoms. The van der Waals surface area contributed by atoms with Gasteiger partial charge in [-0.15, -0.1) is 0 Å². The maximum Gasteiger partial charge on any atom is 0.201 e. The van der Waals surface area contributed by atoms with Gasteiger partial charge in [0.2, 0.25) is 5.89 Å². The van der Waals surface area contributed by atoms with Gasteiger partial charge in [0, 0.05) is 5.41 Å². The number of carbonyl (C=O) groups excluding carboxylic acids is 1. The number of ketones is 1. The lowest BCUT2D eigenvalue weighted by Crippen LogP contribution is -2.41. The molecule has 0 spiro atoms. The van der Waals surface area contributed by atoms with Crippen LogP contribution in [0, 0.1) is 0 Å². The van der Waals surface area contributed by atoms with E-state index in [0.717, 1.165) is 31.5 Å². The van der Waals surface area contributed by atoms with Gasteiger partial charge in [-0.3, -0.25) is 4.79 Å². The number of hydrogen-bond acceptors (Lipinski definition) is 4. The van der Waals surface area contributed by atoms with Crippen LogP contribution in [0.15, 0.2) is 10.7 Å². The van der Waals surface area contributed by atoms with Crippen molar-refractivity contribution < 1.29 is 9.21 Å². The maximum absolute atomic E-state index is 12.1. The van der Waals surface area contributed by atoms with Crippen molar-refractivity contribution in [3.05, 3.63) is 17.8 Å². The van der Waals surface area contributed by atoms with E-state index in [9.17, 15) is 4.79 Å². The number of piperidine rings is 1. The molecule has 1 saturated heterocycles. The van der Waals surface area contributed by atoms with E-state index in [-0.39, 0.29) is 17.2 Å². The normalized spacial score (nSPS) is 20.9. The number of rotatable bonds is 3. The van der Waals surface area contributed by atoms with Crippen molar-refractivity contribution in [2.75, 3.05) is 6.54 Å². The zero-order chi connectivity index (χ0) is 13.2. The van der Waals surface area contributed by atoms with E-state index >= 15 is 0 Å². The number of hydrogen-bond donors (Lipinski definition) is 1. The summed E-state index contributed by atoms with van der Waals surface area (Å²) in [7, 11) is 0. The molecule has 18 heavy (non-hydrogen) atoms. The Morgan fingerprint density at radius 3 is 2.83 bits per heavy atom. The number of aromatic nitrogens is 1. The summed E-state index contributed by atoms with van der Waals surface area (Å²) in [4.78, 5) is 16.5. The third-order valence-corrected chi connectivity index (χ3v) is 3.34. The summed E-state index contributed by atoms with van der Waals surface area (Å²) in [5.41, 5.74) is 0.871. The molecule has 0 amide bonds. The van der Waals surface area contributed by atoms with Crippen molar-refractivity contribution in [2.24, 2.45) is 0 Å². The summed E-state index contributed by atoms with van der Waals surface area (Å²) in [5, 5.41) is 3.26. The van der Waals surface area contributed by atoms with Crippen LogP contribution in [0.4, 0.5) is 0 Å². The molecule has 2 heterocycles. The topological polar surface area (TPSA) is 55.1 Å². The van der Waals surface area contributed by atoms with E-state index in [1.54, 1.807) is 6.26 Å². The zero-order valence-corrected chi connectivity index (χ0v) is 11.5. The highest BCUT2D eigenvalue weighted by molar-refractivity contribution is 5.85. The second kappa shape index (κ2) is 5.22. The Hall–Kier alpha value is -1.16. The number of nitrogens with zero attached hydrogens (tertiary/aromatic N) is 1. The predicted molar refractivity (Wildman–Crippen MR) is 69.6 cm³/mol. The van der Waals surface area contributed by atoms with Gasteiger partial charge in [0.1, 0.15) is 6.26 Å². The van der Waals surface area contributed by atoms with E-state index in [1.165, 1.54) is 0 Å². The number of nitrogens with one attached hydrogen (secondary N) is 1. The lowest BCUT2D eigenvalue weighted by atomic mass is 9.93. The van der Waals surface area contributed by atoms with Gasteiger partial charge in [-0.2, -0.15) is 0 Å². The first kappa shape index (κ1) is 13.3. The van der Waals surface area contributed by atoms with E-state index in [2.05, 4.69) is 31.1 Å². The predicted octanol–water partition coefficient (Wildman–Crippen LogP) is 2.23. The van der Waals surface area contributed by atoms with Gasteiger partial charge in [0.25, 0.3) is 0 Å². The number of carbonyl (C=O) groups is 1. The molecule has 0 radical (unpaired) electrons. The summed E-state index contributed by atoms with van der Waals surface area (Å²) in [5.74, 6) is 0.731. The summed E-state index contributed by atoms with van der Waals surface area (Å²) in [6.45, 7) is 7.19. The molecular weight excluding hydrogens is 228 g/mol. The Balaban J connectivity index is 1.96. The van der Waals surface area contributed by atoms with Gasteiger partial charge in [-0.05, 0) is 19.4 Å². The lowest BCUT2D eigenvalue weighted by molar-refractivity contribution is -0.121. The molecular formula is C14H22N2O2. The first-order valence-corrected chi connectivity index (χ1v) is 6.68. The van der Waals surface area contributed by atoms with Crippen LogP contribution < -0.4 is 5.32 Å². The molecule has 1 atom stereocenters. The fraction of sp³-hybridized carbons (Fsp3) is 0.714. The van der Waals surface area contributed by atoms with Crippen LogP contribution in [0.3, 0.4) is 0 Å². The minimum atomic E-state index is -0.0338. The van der Waals surface area contributed by atoms with Gasteiger partial charge in [0.15, 0.2) is 5.78 Å². The van der Waals surface area contributed by atoms with Crippen molar-refractivity contribution in [2.45, 2.75) is 57.9 Å². The van der Waals surface area contributed by atoms with Crippen LogP contribution in [0.2, 0.25) is 0 Å². The molecule has 0 bridgehead atoms. The highest BCUT2D eigenvalue weighted by Gasteiger charge is 2.24. The van der Waals surface area contributed by atoms with Crippen molar-refractivity contribution >= 4 is 5.78 Å². The molecule has 0 aliphatic carbocycles. The minimum absolute atomic E-state index is 0.0104. The zero-order valence-electron chi connectivity index (χ0n) is 11.5. The van der Waals surface area contributed by atoms with Crippen molar-refractivity contribution in [3.8, 4) is 0 Å². The highest BCUT2D eigenvalue weighted by atomic mass is 16.3. The van der Waals surface area contributed by atoms with E-state index < -0.39 is 0 Å². The second-order valence-electron chi connectivity index (χ2n) is 6.02. The van der Waals surface area contributed by atoms with Crippen LogP contribution in [0.25, 0.3) is 0 Å². The van der Waals surface area contributed by atoms with Gasteiger partial charge < -0.3 is 9.73 Å². The molecule has 2 rings (SSSR count). The van der Waals surface area contributed by atoms with E-state index in [1.807, 2.05) is 0 Å².